The molecule has 0 spiro atoms. The van der Waals surface area contributed by atoms with Crippen LogP contribution >= 0.6 is 0 Å². The van der Waals surface area contributed by atoms with Crippen molar-refractivity contribution in [1.29, 1.82) is 5.26 Å². The summed E-state index contributed by atoms with van der Waals surface area (Å²) < 4.78 is 0. The number of likely N-dealkylation sites (N-methyl/N-ethyl adjacent to an activating group) is 1. The Morgan fingerprint density at radius 1 is 1.24 bits per heavy atom. The molecular weight excluding hydrogens is 262 g/mol. The van der Waals surface area contributed by atoms with E-state index in [0.29, 0.717) is 0 Å². The fraction of sp³-hybridized carbons (Fsp3) is 0.412. The Kier molecular flexibility index (Phi) is 7.03. The molecule has 0 saturated carbocycles. The molecule has 112 valence electrons. The Labute approximate surface area is 127 Å². The zero-order chi connectivity index (χ0) is 15.7. The summed E-state index contributed by atoms with van der Waals surface area (Å²) in [6.45, 7) is 6.40. The van der Waals surface area contributed by atoms with Crippen LogP contribution in [0.4, 0.5) is 5.69 Å². The molecule has 0 atom stereocenters. The van der Waals surface area contributed by atoms with Crippen LogP contribution in [0.3, 0.4) is 0 Å². The van der Waals surface area contributed by atoms with Crippen molar-refractivity contribution in [3.05, 3.63) is 35.4 Å². The van der Waals surface area contributed by atoms with Gasteiger partial charge in [-0.15, -0.1) is 0 Å². The number of hydrogen-bond donors (Lipinski definition) is 1. The molecule has 1 rings (SSSR count). The highest BCUT2D eigenvalue weighted by molar-refractivity contribution is 6.01. The summed E-state index contributed by atoms with van der Waals surface area (Å²) in [7, 11) is 1.52. The molecule has 0 aromatic heterocycles. The van der Waals surface area contributed by atoms with E-state index in [4.69, 9.17) is 5.26 Å². The van der Waals surface area contributed by atoms with Crippen molar-refractivity contribution in [2.45, 2.75) is 26.7 Å². The van der Waals surface area contributed by atoms with Crippen LogP contribution in [0.1, 0.15) is 32.3 Å². The van der Waals surface area contributed by atoms with Crippen LogP contribution in [0, 0.1) is 11.3 Å². The summed E-state index contributed by atoms with van der Waals surface area (Å²) in [5.41, 5.74) is 2.14. The second-order valence-electron chi connectivity index (χ2n) is 4.83. The van der Waals surface area contributed by atoms with Crippen molar-refractivity contribution in [1.82, 2.24) is 5.32 Å². The average molecular weight is 285 g/mol. The van der Waals surface area contributed by atoms with Gasteiger partial charge in [0.1, 0.15) is 11.6 Å². The van der Waals surface area contributed by atoms with E-state index >= 15 is 0 Å². The van der Waals surface area contributed by atoms with Crippen LogP contribution in [-0.2, 0) is 4.79 Å². The zero-order valence-corrected chi connectivity index (χ0v) is 13.0. The first-order valence-corrected chi connectivity index (χ1v) is 7.35. The Morgan fingerprint density at radius 2 is 1.81 bits per heavy atom. The van der Waals surface area contributed by atoms with Crippen molar-refractivity contribution >= 4 is 17.7 Å². The van der Waals surface area contributed by atoms with E-state index in [1.165, 1.54) is 12.7 Å². The highest BCUT2D eigenvalue weighted by Gasteiger charge is 2.07. The first kappa shape index (κ1) is 16.8. The smallest absolute Gasteiger partial charge is 0.261 e. The van der Waals surface area contributed by atoms with Crippen molar-refractivity contribution in [3.8, 4) is 6.07 Å². The summed E-state index contributed by atoms with van der Waals surface area (Å²) in [4.78, 5) is 13.8. The predicted molar refractivity (Wildman–Crippen MR) is 86.9 cm³/mol. The van der Waals surface area contributed by atoms with Gasteiger partial charge in [-0.3, -0.25) is 4.79 Å². The number of benzene rings is 1. The number of rotatable bonds is 7. The molecular formula is C17H23N3O. The molecule has 0 aliphatic rings. The van der Waals surface area contributed by atoms with E-state index in [1.807, 2.05) is 30.3 Å². The molecule has 0 radical (unpaired) electrons. The van der Waals surface area contributed by atoms with Crippen LogP contribution in [0.15, 0.2) is 29.8 Å². The molecule has 4 nitrogen and oxygen atoms in total. The highest BCUT2D eigenvalue weighted by atomic mass is 16.1. The Hall–Kier alpha value is -2.28. The lowest BCUT2D eigenvalue weighted by molar-refractivity contribution is -0.116. The summed E-state index contributed by atoms with van der Waals surface area (Å²) >= 11 is 0. The first-order chi connectivity index (χ1) is 10.2. The number of carbonyl (C=O) groups is 1. The number of carbonyl (C=O) groups excluding carboxylic acids is 1. The van der Waals surface area contributed by atoms with Crippen molar-refractivity contribution < 1.29 is 4.79 Å². The van der Waals surface area contributed by atoms with Crippen molar-refractivity contribution in [2.24, 2.45) is 0 Å². The van der Waals surface area contributed by atoms with E-state index in [-0.39, 0.29) is 11.5 Å². The minimum absolute atomic E-state index is 0.115. The number of anilines is 1. The molecule has 1 N–H and O–H groups in total. The number of hydrogen-bond acceptors (Lipinski definition) is 3. The van der Waals surface area contributed by atoms with Gasteiger partial charge in [0, 0.05) is 25.8 Å². The topological polar surface area (TPSA) is 56.1 Å². The van der Waals surface area contributed by atoms with Crippen LogP contribution in [-0.4, -0.2) is 26.0 Å². The lowest BCUT2D eigenvalue weighted by atomic mass is 10.1. The second kappa shape index (κ2) is 8.80. The monoisotopic (exact) mass is 285 g/mol. The third-order valence-corrected chi connectivity index (χ3v) is 3.15. The maximum atomic E-state index is 11.5. The van der Waals surface area contributed by atoms with Crippen molar-refractivity contribution in [2.75, 3.05) is 25.0 Å². The third-order valence-electron chi connectivity index (χ3n) is 3.15. The maximum absolute atomic E-state index is 11.5. The van der Waals surface area contributed by atoms with Crippen LogP contribution in [0.5, 0.6) is 0 Å². The molecule has 0 bridgehead atoms. The van der Waals surface area contributed by atoms with Gasteiger partial charge < -0.3 is 10.2 Å². The SMILES string of the molecule is CCCN(CCC)c1ccc(/C=C(\C#N)C(=O)NC)cc1. The molecule has 1 aromatic rings. The lowest BCUT2D eigenvalue weighted by Crippen LogP contribution is -2.24. The number of nitrogens with one attached hydrogen (secondary N) is 1. The van der Waals surface area contributed by atoms with E-state index in [0.717, 1.165) is 31.5 Å². The molecule has 0 saturated heterocycles. The fourth-order valence-corrected chi connectivity index (χ4v) is 2.14. The van der Waals surface area contributed by atoms with Gasteiger partial charge in [0.15, 0.2) is 0 Å². The molecule has 0 aliphatic heterocycles. The highest BCUT2D eigenvalue weighted by Crippen LogP contribution is 2.17. The van der Waals surface area contributed by atoms with E-state index in [2.05, 4.69) is 24.1 Å². The van der Waals surface area contributed by atoms with Crippen LogP contribution in [0.25, 0.3) is 6.08 Å². The molecule has 0 heterocycles. The van der Waals surface area contributed by atoms with Crippen LogP contribution < -0.4 is 10.2 Å². The van der Waals surface area contributed by atoms with Gasteiger partial charge in [0.25, 0.3) is 5.91 Å². The molecule has 1 amide bonds. The van der Waals surface area contributed by atoms with Gasteiger partial charge in [-0.25, -0.2) is 0 Å². The van der Waals surface area contributed by atoms with Gasteiger partial charge in [0.2, 0.25) is 0 Å². The average Bonchev–Trinajstić information content (AvgIpc) is 2.52. The van der Waals surface area contributed by atoms with Crippen molar-refractivity contribution in [3.63, 3.8) is 0 Å². The summed E-state index contributed by atoms with van der Waals surface area (Å²) in [5, 5.41) is 11.4. The normalized spacial score (nSPS) is 10.9. The third kappa shape index (κ3) is 4.96. The summed E-state index contributed by atoms with van der Waals surface area (Å²) in [6, 6.07) is 9.87. The Balaban J connectivity index is 2.93. The predicted octanol–water partition coefficient (Wildman–Crippen LogP) is 2.97. The molecule has 1 aromatic carbocycles. The second-order valence-corrected chi connectivity index (χ2v) is 4.83. The Morgan fingerprint density at radius 3 is 2.24 bits per heavy atom. The minimum Gasteiger partial charge on any atom is -0.372 e. The Bertz CT molecular complexity index is 520. The molecule has 0 unspecified atom stereocenters. The molecule has 0 aliphatic carbocycles. The number of nitrogens with zero attached hydrogens (tertiary/aromatic N) is 2. The minimum atomic E-state index is -0.361. The summed E-state index contributed by atoms with van der Waals surface area (Å²) in [6.07, 6.45) is 3.82. The quantitative estimate of drug-likeness (QED) is 0.619. The van der Waals surface area contributed by atoms with Gasteiger partial charge in [-0.05, 0) is 36.6 Å². The largest absolute Gasteiger partial charge is 0.372 e. The fourth-order valence-electron chi connectivity index (χ4n) is 2.14. The molecule has 0 fully saturated rings. The molecule has 4 heteroatoms. The molecule has 21 heavy (non-hydrogen) atoms. The summed E-state index contributed by atoms with van der Waals surface area (Å²) in [5.74, 6) is -0.361. The first-order valence-electron chi connectivity index (χ1n) is 7.35. The van der Waals surface area contributed by atoms with Gasteiger partial charge in [0.05, 0.1) is 0 Å². The van der Waals surface area contributed by atoms with Gasteiger partial charge in [-0.2, -0.15) is 5.26 Å². The van der Waals surface area contributed by atoms with Gasteiger partial charge in [-0.1, -0.05) is 26.0 Å². The number of nitriles is 1. The standard InChI is InChI=1S/C17H23N3O/c1-4-10-20(11-5-2)16-8-6-14(7-9-16)12-15(13-18)17(21)19-3/h6-9,12H,4-5,10-11H2,1-3H3,(H,19,21)/b15-12+. The van der Waals surface area contributed by atoms with Gasteiger partial charge >= 0.3 is 0 Å². The van der Waals surface area contributed by atoms with Crippen LogP contribution in [0.2, 0.25) is 0 Å². The zero-order valence-electron chi connectivity index (χ0n) is 13.0. The lowest BCUT2D eigenvalue weighted by Gasteiger charge is -2.23. The number of amides is 1. The maximum Gasteiger partial charge on any atom is 0.261 e. The van der Waals surface area contributed by atoms with E-state index in [1.54, 1.807) is 6.08 Å². The van der Waals surface area contributed by atoms with E-state index in [9.17, 15) is 4.79 Å². The van der Waals surface area contributed by atoms with E-state index < -0.39 is 0 Å².